The molecule has 0 aromatic carbocycles. The fraction of sp³-hybridized carbons (Fsp3) is 1.00. The summed E-state index contributed by atoms with van der Waals surface area (Å²) < 4.78 is 5.23. The number of hydrogen-bond acceptors (Lipinski definition) is 5. The zero-order valence-electron chi connectivity index (χ0n) is 7.59. The Morgan fingerprint density at radius 2 is 1.85 bits per heavy atom. The van der Waals surface area contributed by atoms with E-state index in [1.165, 1.54) is 0 Å². The van der Waals surface area contributed by atoms with Crippen molar-refractivity contribution in [1.82, 2.24) is 4.90 Å². The maximum absolute atomic E-state index is 9.23. The number of ether oxygens (including phenoxy) is 1. The molecule has 78 valence electrons. The van der Waals surface area contributed by atoms with Crippen LogP contribution in [0.1, 0.15) is 0 Å². The molecule has 1 heterocycles. The summed E-state index contributed by atoms with van der Waals surface area (Å²) in [6.45, 7) is 3.15. The molecule has 0 saturated carbocycles. The number of hydrogen-bond donors (Lipinski definition) is 3. The van der Waals surface area contributed by atoms with E-state index in [0.717, 1.165) is 12.3 Å². The summed E-state index contributed by atoms with van der Waals surface area (Å²) in [5.74, 6) is 0.727. The highest BCUT2D eigenvalue weighted by molar-refractivity contribution is 7.80. The Morgan fingerprint density at radius 3 is 2.38 bits per heavy atom. The summed E-state index contributed by atoms with van der Waals surface area (Å²) in [4.78, 5) is 1.99. The van der Waals surface area contributed by atoms with E-state index >= 15 is 0 Å². The highest BCUT2D eigenvalue weighted by atomic mass is 32.1. The maximum Gasteiger partial charge on any atom is 0.0938 e. The predicted octanol–water partition coefficient (Wildman–Crippen LogP) is -1.03. The third-order valence-electron chi connectivity index (χ3n) is 2.12. The van der Waals surface area contributed by atoms with Gasteiger partial charge in [-0.15, -0.1) is 0 Å². The molecular weight excluding hydrogens is 190 g/mol. The highest BCUT2D eigenvalue weighted by Gasteiger charge is 2.28. The van der Waals surface area contributed by atoms with Crippen molar-refractivity contribution in [3.05, 3.63) is 0 Å². The monoisotopic (exact) mass is 207 g/mol. The van der Waals surface area contributed by atoms with Gasteiger partial charge in [-0.05, 0) is 0 Å². The van der Waals surface area contributed by atoms with E-state index in [2.05, 4.69) is 12.6 Å². The lowest BCUT2D eigenvalue weighted by Gasteiger charge is -2.13. The van der Waals surface area contributed by atoms with Gasteiger partial charge in [0.05, 0.1) is 25.4 Å². The topological polar surface area (TPSA) is 52.9 Å². The van der Waals surface area contributed by atoms with Gasteiger partial charge in [-0.25, -0.2) is 0 Å². The molecule has 0 aromatic rings. The lowest BCUT2D eigenvalue weighted by Crippen LogP contribution is -2.26. The molecule has 4 nitrogen and oxygen atoms in total. The Hall–Kier alpha value is 0.190. The molecule has 1 aliphatic heterocycles. The van der Waals surface area contributed by atoms with Gasteiger partial charge in [0.2, 0.25) is 0 Å². The first kappa shape index (κ1) is 11.3. The molecule has 0 aromatic heterocycles. The summed E-state index contributed by atoms with van der Waals surface area (Å²) in [6, 6.07) is 0. The molecule has 5 heteroatoms. The van der Waals surface area contributed by atoms with Crippen LogP contribution in [0.3, 0.4) is 0 Å². The molecule has 2 atom stereocenters. The van der Waals surface area contributed by atoms with E-state index in [1.54, 1.807) is 0 Å². The zero-order chi connectivity index (χ0) is 9.68. The van der Waals surface area contributed by atoms with Crippen molar-refractivity contribution in [2.75, 3.05) is 38.6 Å². The van der Waals surface area contributed by atoms with Crippen molar-refractivity contribution in [2.24, 2.45) is 0 Å². The van der Waals surface area contributed by atoms with E-state index in [-0.39, 0.29) is 0 Å². The molecule has 0 radical (unpaired) electrons. The van der Waals surface area contributed by atoms with Gasteiger partial charge >= 0.3 is 0 Å². The average molecular weight is 207 g/mol. The summed E-state index contributed by atoms with van der Waals surface area (Å²) in [5, 5.41) is 18.5. The van der Waals surface area contributed by atoms with E-state index < -0.39 is 12.2 Å². The van der Waals surface area contributed by atoms with Crippen LogP contribution in [0.2, 0.25) is 0 Å². The molecule has 0 aliphatic carbocycles. The number of thiol groups is 1. The maximum atomic E-state index is 9.23. The van der Waals surface area contributed by atoms with Crippen LogP contribution in [0, 0.1) is 0 Å². The van der Waals surface area contributed by atoms with Gasteiger partial charge in [0, 0.05) is 25.4 Å². The Kier molecular flexibility index (Phi) is 5.05. The minimum atomic E-state index is -0.593. The van der Waals surface area contributed by atoms with Crippen molar-refractivity contribution >= 4 is 12.6 Å². The number of rotatable bonds is 5. The minimum Gasteiger partial charge on any atom is -0.389 e. The van der Waals surface area contributed by atoms with Gasteiger partial charge in [0.1, 0.15) is 0 Å². The summed E-state index contributed by atoms with van der Waals surface area (Å²) >= 11 is 4.01. The van der Waals surface area contributed by atoms with E-state index in [1.807, 2.05) is 4.90 Å². The normalized spacial score (nSPS) is 29.8. The molecule has 2 unspecified atom stereocenters. The molecule has 0 amide bonds. The van der Waals surface area contributed by atoms with Crippen molar-refractivity contribution in [3.8, 4) is 0 Å². The first-order valence-electron chi connectivity index (χ1n) is 4.51. The second kappa shape index (κ2) is 5.82. The van der Waals surface area contributed by atoms with Crippen LogP contribution in [0.5, 0.6) is 0 Å². The average Bonchev–Trinajstić information content (AvgIpc) is 2.41. The van der Waals surface area contributed by atoms with E-state index in [9.17, 15) is 10.2 Å². The van der Waals surface area contributed by atoms with Crippen LogP contribution in [0.15, 0.2) is 0 Å². The molecule has 13 heavy (non-hydrogen) atoms. The van der Waals surface area contributed by atoms with Gasteiger partial charge < -0.3 is 14.9 Å². The number of β-amino-alcohol motifs (C(OH)–C–C–N with tert-alkyl or cyclic N) is 2. The minimum absolute atomic E-state index is 0.547. The van der Waals surface area contributed by atoms with E-state index in [0.29, 0.717) is 26.3 Å². The third-order valence-corrected chi connectivity index (χ3v) is 2.30. The molecule has 1 fully saturated rings. The van der Waals surface area contributed by atoms with Gasteiger partial charge in [-0.1, -0.05) is 0 Å². The Morgan fingerprint density at radius 1 is 1.23 bits per heavy atom. The Labute approximate surface area is 83.9 Å². The van der Waals surface area contributed by atoms with Crippen molar-refractivity contribution in [2.45, 2.75) is 12.2 Å². The van der Waals surface area contributed by atoms with Crippen molar-refractivity contribution in [3.63, 3.8) is 0 Å². The number of aliphatic hydroxyl groups excluding tert-OH is 2. The number of nitrogens with zero attached hydrogens (tertiary/aromatic N) is 1. The first-order valence-corrected chi connectivity index (χ1v) is 5.14. The molecular formula is C8H17NO3S. The fourth-order valence-corrected chi connectivity index (χ4v) is 1.52. The molecule has 0 bridgehead atoms. The largest absolute Gasteiger partial charge is 0.389 e. The van der Waals surface area contributed by atoms with Gasteiger partial charge in [-0.2, -0.15) is 12.6 Å². The SMILES string of the molecule is OC1CN(CCOCCS)CC1O. The first-order chi connectivity index (χ1) is 6.24. The Balaban J connectivity index is 2.03. The molecule has 2 N–H and O–H groups in total. The summed E-state index contributed by atoms with van der Waals surface area (Å²) in [5.41, 5.74) is 0. The van der Waals surface area contributed by atoms with Gasteiger partial charge in [0.25, 0.3) is 0 Å². The zero-order valence-corrected chi connectivity index (χ0v) is 8.49. The second-order valence-electron chi connectivity index (χ2n) is 3.23. The van der Waals surface area contributed by atoms with E-state index in [4.69, 9.17) is 4.74 Å². The predicted molar refractivity (Wildman–Crippen MR) is 53.1 cm³/mol. The molecule has 1 aliphatic rings. The quantitative estimate of drug-likeness (QED) is 0.398. The summed E-state index contributed by atoms with van der Waals surface area (Å²) in [7, 11) is 0. The van der Waals surface area contributed by atoms with Crippen LogP contribution in [0.4, 0.5) is 0 Å². The van der Waals surface area contributed by atoms with Crippen LogP contribution < -0.4 is 0 Å². The number of likely N-dealkylation sites (tertiary alicyclic amines) is 1. The van der Waals surface area contributed by atoms with Crippen molar-refractivity contribution in [1.29, 1.82) is 0 Å². The van der Waals surface area contributed by atoms with Crippen molar-refractivity contribution < 1.29 is 14.9 Å². The standard InChI is InChI=1S/C8H17NO3S/c10-7-5-9(6-8(7)11)1-2-12-3-4-13/h7-8,10-11,13H,1-6H2. The van der Waals surface area contributed by atoms with Crippen LogP contribution in [0.25, 0.3) is 0 Å². The molecule has 1 saturated heterocycles. The molecule has 0 spiro atoms. The lowest BCUT2D eigenvalue weighted by molar-refractivity contribution is 0.0572. The third kappa shape index (κ3) is 3.83. The smallest absolute Gasteiger partial charge is 0.0938 e. The Bertz CT molecular complexity index is 137. The highest BCUT2D eigenvalue weighted by Crippen LogP contribution is 2.08. The van der Waals surface area contributed by atoms with Gasteiger partial charge in [-0.3, -0.25) is 4.90 Å². The van der Waals surface area contributed by atoms with Crippen LogP contribution >= 0.6 is 12.6 Å². The molecule has 1 rings (SSSR count). The second-order valence-corrected chi connectivity index (χ2v) is 3.68. The summed E-state index contributed by atoms with van der Waals surface area (Å²) in [6.07, 6.45) is -1.19. The van der Waals surface area contributed by atoms with Crippen LogP contribution in [-0.2, 0) is 4.74 Å². The lowest BCUT2D eigenvalue weighted by atomic mass is 10.3. The number of aliphatic hydroxyl groups is 2. The fourth-order valence-electron chi connectivity index (χ4n) is 1.39. The van der Waals surface area contributed by atoms with Crippen LogP contribution in [-0.4, -0.2) is 65.9 Å². The van der Waals surface area contributed by atoms with Gasteiger partial charge in [0.15, 0.2) is 0 Å².